The average Bonchev–Trinajstić information content (AvgIpc) is 3.43. The van der Waals surface area contributed by atoms with Crippen LogP contribution in [-0.2, 0) is 12.8 Å². The van der Waals surface area contributed by atoms with Gasteiger partial charge in [0.2, 0.25) is 5.78 Å². The van der Waals surface area contributed by atoms with Crippen molar-refractivity contribution in [2.75, 3.05) is 0 Å². The largest absolute Gasteiger partial charge is 0.279 e. The van der Waals surface area contributed by atoms with Crippen LogP contribution in [0.15, 0.2) is 45.7 Å². The van der Waals surface area contributed by atoms with E-state index in [0.29, 0.717) is 16.2 Å². The summed E-state index contributed by atoms with van der Waals surface area (Å²) in [5.41, 5.74) is 3.00. The maximum atomic E-state index is 12.5. The Bertz CT molecular complexity index is 1430. The summed E-state index contributed by atoms with van der Waals surface area (Å²) in [6, 6.07) is 10.1. The Labute approximate surface area is 173 Å². The fourth-order valence-corrected chi connectivity index (χ4v) is 5.16. The van der Waals surface area contributed by atoms with Crippen LogP contribution in [0.2, 0.25) is 0 Å². The van der Waals surface area contributed by atoms with Gasteiger partial charge in [0.25, 0.3) is 5.56 Å². The van der Waals surface area contributed by atoms with Crippen LogP contribution < -0.4 is 5.56 Å². The molecule has 5 aromatic rings. The van der Waals surface area contributed by atoms with E-state index in [1.807, 2.05) is 34.9 Å². The molecule has 0 saturated carbocycles. The molecule has 0 aliphatic rings. The van der Waals surface area contributed by atoms with Gasteiger partial charge in [-0.15, -0.1) is 31.7 Å². The molecule has 4 heterocycles. The molecule has 10 heteroatoms. The summed E-state index contributed by atoms with van der Waals surface area (Å²) >= 11 is 2.98. The minimum atomic E-state index is -0.0518. The quantitative estimate of drug-likeness (QED) is 0.413. The number of fused-ring (bicyclic) bond motifs is 3. The first-order valence-corrected chi connectivity index (χ1v) is 10.8. The molecule has 0 fully saturated rings. The molecule has 146 valence electrons. The molecule has 5 rings (SSSR count). The van der Waals surface area contributed by atoms with Crippen molar-refractivity contribution in [3.63, 3.8) is 0 Å². The van der Waals surface area contributed by atoms with Gasteiger partial charge in [0.1, 0.15) is 16.3 Å². The predicted molar refractivity (Wildman–Crippen MR) is 114 cm³/mol. The Kier molecular flexibility index (Phi) is 4.25. The Morgan fingerprint density at radius 3 is 2.72 bits per heavy atom. The van der Waals surface area contributed by atoms with Gasteiger partial charge in [-0.2, -0.15) is 0 Å². The molecule has 0 spiro atoms. The van der Waals surface area contributed by atoms with Crippen molar-refractivity contribution in [3.05, 3.63) is 63.3 Å². The molecule has 0 unspecified atom stereocenters. The zero-order chi connectivity index (χ0) is 20.1. The van der Waals surface area contributed by atoms with E-state index in [1.54, 1.807) is 23.4 Å². The number of rotatable bonds is 4. The number of benzene rings is 1. The van der Waals surface area contributed by atoms with Gasteiger partial charge in [-0.1, -0.05) is 30.0 Å². The third-order valence-electron chi connectivity index (χ3n) is 4.88. The van der Waals surface area contributed by atoms with Crippen molar-refractivity contribution in [3.8, 4) is 5.69 Å². The normalized spacial score (nSPS) is 11.7. The van der Waals surface area contributed by atoms with Gasteiger partial charge in [0, 0.05) is 7.05 Å². The maximum absolute atomic E-state index is 12.5. The van der Waals surface area contributed by atoms with Crippen molar-refractivity contribution in [2.24, 2.45) is 7.05 Å². The van der Waals surface area contributed by atoms with E-state index in [-0.39, 0.29) is 5.56 Å². The number of aryl methyl sites for hydroxylation is 3. The lowest BCUT2D eigenvalue weighted by atomic mass is 10.2. The smallest absolute Gasteiger partial charge is 0.272 e. The fourth-order valence-electron chi connectivity index (χ4n) is 3.40. The molecule has 0 bridgehead atoms. The second-order valence-corrected chi connectivity index (χ2v) is 8.55. The second-order valence-electron chi connectivity index (χ2n) is 6.69. The number of thiophene rings is 1. The van der Waals surface area contributed by atoms with Crippen LogP contribution in [0.1, 0.15) is 17.2 Å². The molecule has 8 nitrogen and oxygen atoms in total. The highest BCUT2D eigenvalue weighted by Crippen LogP contribution is 2.27. The molecule has 0 aliphatic carbocycles. The number of nitrogens with zero attached hydrogens (tertiary/aromatic N) is 7. The zero-order valence-electron chi connectivity index (χ0n) is 16.0. The molecule has 0 amide bonds. The first kappa shape index (κ1) is 18.1. The number of aromatic nitrogens is 7. The van der Waals surface area contributed by atoms with Gasteiger partial charge in [0.05, 0.1) is 17.0 Å². The average molecular weight is 424 g/mol. The van der Waals surface area contributed by atoms with Crippen molar-refractivity contribution < 1.29 is 0 Å². The summed E-state index contributed by atoms with van der Waals surface area (Å²) < 4.78 is 6.24. The summed E-state index contributed by atoms with van der Waals surface area (Å²) in [4.78, 5) is 12.5. The third-order valence-corrected chi connectivity index (χ3v) is 6.70. The summed E-state index contributed by atoms with van der Waals surface area (Å²) in [6.07, 6.45) is 0. The summed E-state index contributed by atoms with van der Waals surface area (Å²) in [7, 11) is 1.72. The van der Waals surface area contributed by atoms with E-state index in [2.05, 4.69) is 44.0 Å². The lowest BCUT2D eigenvalue weighted by Crippen LogP contribution is -2.19. The van der Waals surface area contributed by atoms with E-state index in [0.717, 1.165) is 33.6 Å². The van der Waals surface area contributed by atoms with Gasteiger partial charge in [-0.05, 0) is 36.9 Å². The maximum Gasteiger partial charge on any atom is 0.272 e. The third kappa shape index (κ3) is 2.78. The van der Waals surface area contributed by atoms with Crippen LogP contribution in [-0.4, -0.2) is 33.9 Å². The van der Waals surface area contributed by atoms with Crippen LogP contribution >= 0.6 is 23.1 Å². The van der Waals surface area contributed by atoms with Gasteiger partial charge < -0.3 is 0 Å². The van der Waals surface area contributed by atoms with Crippen LogP contribution in [0, 0.1) is 13.8 Å². The first-order chi connectivity index (χ1) is 14.1. The van der Waals surface area contributed by atoms with Gasteiger partial charge in [-0.3, -0.25) is 18.3 Å². The Balaban J connectivity index is 1.57. The molecule has 0 radical (unpaired) electrons. The Morgan fingerprint density at radius 1 is 1.07 bits per heavy atom. The fraction of sp³-hybridized carbons (Fsp3) is 0.211. The van der Waals surface area contributed by atoms with Crippen molar-refractivity contribution in [1.82, 2.24) is 33.9 Å². The molecule has 0 atom stereocenters. The number of hydrogen-bond acceptors (Lipinski definition) is 7. The topological polar surface area (TPSA) is 82.9 Å². The van der Waals surface area contributed by atoms with Gasteiger partial charge in [-0.25, -0.2) is 0 Å². The highest BCUT2D eigenvalue weighted by atomic mass is 32.2. The van der Waals surface area contributed by atoms with Crippen molar-refractivity contribution in [2.45, 2.75) is 24.8 Å². The minimum absolute atomic E-state index is 0.0518. The minimum Gasteiger partial charge on any atom is -0.279 e. The Morgan fingerprint density at radius 2 is 1.90 bits per heavy atom. The van der Waals surface area contributed by atoms with Crippen molar-refractivity contribution >= 4 is 39.1 Å². The monoisotopic (exact) mass is 423 g/mol. The molecule has 1 aromatic carbocycles. The highest BCUT2D eigenvalue weighted by molar-refractivity contribution is 7.98. The molecule has 4 aromatic heterocycles. The highest BCUT2D eigenvalue weighted by Gasteiger charge is 2.18. The van der Waals surface area contributed by atoms with Gasteiger partial charge >= 0.3 is 0 Å². The second kappa shape index (κ2) is 6.82. The van der Waals surface area contributed by atoms with Crippen LogP contribution in [0.25, 0.3) is 21.7 Å². The molecule has 0 aliphatic heterocycles. The van der Waals surface area contributed by atoms with Gasteiger partial charge in [0.15, 0.2) is 5.16 Å². The summed E-state index contributed by atoms with van der Waals surface area (Å²) in [5.74, 6) is 2.68. The molecule has 0 N–H and O–H groups in total. The lowest BCUT2D eigenvalue weighted by molar-refractivity contribution is 0.856. The van der Waals surface area contributed by atoms with E-state index in [4.69, 9.17) is 0 Å². The molecule has 0 saturated heterocycles. The van der Waals surface area contributed by atoms with E-state index in [1.165, 1.54) is 11.3 Å². The Hall–Kier alpha value is -2.98. The van der Waals surface area contributed by atoms with Crippen LogP contribution in [0.4, 0.5) is 0 Å². The van der Waals surface area contributed by atoms with Crippen molar-refractivity contribution in [1.29, 1.82) is 0 Å². The summed E-state index contributed by atoms with van der Waals surface area (Å²) in [6.45, 7) is 4.02. The first-order valence-electron chi connectivity index (χ1n) is 8.97. The zero-order valence-corrected chi connectivity index (χ0v) is 17.7. The number of para-hydroxylation sites is 1. The van der Waals surface area contributed by atoms with E-state index in [9.17, 15) is 4.79 Å². The SMILES string of the molecule is Cc1ccccc1-n1c(C)nnc1SCc1nnc2n(C)c(=O)c3sccc3n12. The number of hydrogen-bond donors (Lipinski definition) is 0. The predicted octanol–water partition coefficient (Wildman–Crippen LogP) is 3.13. The van der Waals surface area contributed by atoms with Crippen LogP contribution in [0.3, 0.4) is 0 Å². The lowest BCUT2D eigenvalue weighted by Gasteiger charge is -2.11. The van der Waals surface area contributed by atoms with E-state index >= 15 is 0 Å². The van der Waals surface area contributed by atoms with Crippen LogP contribution in [0.5, 0.6) is 0 Å². The standard InChI is InChI=1S/C19H17N7OS2/c1-11-6-4-5-7-13(11)25-12(2)20-23-19(25)29-10-15-21-22-18-24(3)17(27)16-14(26(15)18)8-9-28-16/h4-9H,10H2,1-3H3. The van der Waals surface area contributed by atoms with E-state index < -0.39 is 0 Å². The molecular formula is C19H17N7OS2. The molecule has 29 heavy (non-hydrogen) atoms. The number of thioether (sulfide) groups is 1. The summed E-state index contributed by atoms with van der Waals surface area (Å²) in [5, 5.41) is 19.9. The molecular weight excluding hydrogens is 406 g/mol.